The van der Waals surface area contributed by atoms with Crippen LogP contribution in [0.25, 0.3) is 0 Å². The molecule has 1 amide bonds. The first-order chi connectivity index (χ1) is 10.4. The zero-order valence-corrected chi connectivity index (χ0v) is 15.5. The fourth-order valence-corrected chi connectivity index (χ4v) is 3.21. The molecule has 1 aliphatic rings. The number of rotatable bonds is 5. The van der Waals surface area contributed by atoms with E-state index in [2.05, 4.69) is 36.2 Å². The molecule has 3 N–H and O–H groups in total. The van der Waals surface area contributed by atoms with E-state index in [0.29, 0.717) is 6.54 Å². The van der Waals surface area contributed by atoms with Crippen molar-refractivity contribution in [2.75, 3.05) is 19.6 Å². The van der Waals surface area contributed by atoms with Gasteiger partial charge in [-0.2, -0.15) is 0 Å². The van der Waals surface area contributed by atoms with Crippen molar-refractivity contribution < 1.29 is 4.79 Å². The summed E-state index contributed by atoms with van der Waals surface area (Å²) >= 11 is 0. The van der Waals surface area contributed by atoms with E-state index < -0.39 is 0 Å². The fourth-order valence-electron chi connectivity index (χ4n) is 3.21. The SMILES string of the molecule is Cc1ccccc1C(C)NC(=O)C(C)N1CCC(C)(CN)C1.Cl. The van der Waals surface area contributed by atoms with Gasteiger partial charge in [-0.05, 0) is 56.8 Å². The van der Waals surface area contributed by atoms with E-state index in [0.717, 1.165) is 19.5 Å². The number of nitrogens with one attached hydrogen (secondary N) is 1. The first-order valence-electron chi connectivity index (χ1n) is 8.16. The van der Waals surface area contributed by atoms with E-state index in [1.165, 1.54) is 11.1 Å². The van der Waals surface area contributed by atoms with Gasteiger partial charge >= 0.3 is 0 Å². The van der Waals surface area contributed by atoms with Crippen LogP contribution < -0.4 is 11.1 Å². The van der Waals surface area contributed by atoms with E-state index in [9.17, 15) is 4.79 Å². The monoisotopic (exact) mass is 339 g/mol. The molecule has 3 unspecified atom stereocenters. The Morgan fingerprint density at radius 2 is 2.04 bits per heavy atom. The second kappa shape index (κ2) is 8.13. The lowest BCUT2D eigenvalue weighted by atomic mass is 9.90. The second-order valence-electron chi connectivity index (χ2n) is 7.00. The summed E-state index contributed by atoms with van der Waals surface area (Å²) in [4.78, 5) is 14.8. The average molecular weight is 340 g/mol. The van der Waals surface area contributed by atoms with Gasteiger partial charge in [0.25, 0.3) is 0 Å². The maximum Gasteiger partial charge on any atom is 0.237 e. The molecule has 23 heavy (non-hydrogen) atoms. The summed E-state index contributed by atoms with van der Waals surface area (Å²) < 4.78 is 0. The van der Waals surface area contributed by atoms with Crippen molar-refractivity contribution in [3.8, 4) is 0 Å². The molecule has 130 valence electrons. The number of carbonyl (C=O) groups excluding carboxylic acids is 1. The molecular formula is C18H30ClN3O. The number of hydrogen-bond acceptors (Lipinski definition) is 3. The summed E-state index contributed by atoms with van der Waals surface area (Å²) in [6, 6.07) is 8.11. The van der Waals surface area contributed by atoms with Crippen molar-refractivity contribution in [3.05, 3.63) is 35.4 Å². The van der Waals surface area contributed by atoms with Gasteiger partial charge in [0.15, 0.2) is 0 Å². The van der Waals surface area contributed by atoms with E-state index in [1.807, 2.05) is 26.0 Å². The van der Waals surface area contributed by atoms with Crippen LogP contribution in [0.1, 0.15) is 44.4 Å². The largest absolute Gasteiger partial charge is 0.348 e. The summed E-state index contributed by atoms with van der Waals surface area (Å²) in [6.07, 6.45) is 1.06. The highest BCUT2D eigenvalue weighted by molar-refractivity contribution is 5.85. The molecule has 1 saturated heterocycles. The third-order valence-corrected chi connectivity index (χ3v) is 5.02. The minimum Gasteiger partial charge on any atom is -0.348 e. The van der Waals surface area contributed by atoms with Crippen molar-refractivity contribution in [1.29, 1.82) is 0 Å². The number of nitrogens with two attached hydrogens (primary N) is 1. The highest BCUT2D eigenvalue weighted by Crippen LogP contribution is 2.30. The Balaban J connectivity index is 0.00000264. The number of aryl methyl sites for hydroxylation is 1. The van der Waals surface area contributed by atoms with Gasteiger partial charge in [-0.25, -0.2) is 0 Å². The van der Waals surface area contributed by atoms with Crippen LogP contribution in [-0.2, 0) is 4.79 Å². The van der Waals surface area contributed by atoms with E-state index in [4.69, 9.17) is 5.73 Å². The van der Waals surface area contributed by atoms with Gasteiger partial charge in [-0.1, -0.05) is 31.2 Å². The first-order valence-corrected chi connectivity index (χ1v) is 8.16. The number of benzene rings is 1. The van der Waals surface area contributed by atoms with Crippen LogP contribution >= 0.6 is 12.4 Å². The zero-order chi connectivity index (χ0) is 16.3. The quantitative estimate of drug-likeness (QED) is 0.867. The van der Waals surface area contributed by atoms with Crippen molar-refractivity contribution in [3.63, 3.8) is 0 Å². The highest BCUT2D eigenvalue weighted by Gasteiger charge is 2.36. The number of nitrogens with zero attached hydrogens (tertiary/aromatic N) is 1. The molecule has 2 rings (SSSR count). The molecule has 0 bridgehead atoms. The van der Waals surface area contributed by atoms with Crippen LogP contribution in [0.4, 0.5) is 0 Å². The van der Waals surface area contributed by atoms with E-state index in [-0.39, 0.29) is 35.8 Å². The molecule has 4 nitrogen and oxygen atoms in total. The molecule has 0 radical (unpaired) electrons. The molecule has 1 aromatic rings. The minimum atomic E-state index is -0.111. The molecule has 0 spiro atoms. The second-order valence-corrected chi connectivity index (χ2v) is 7.00. The fraction of sp³-hybridized carbons (Fsp3) is 0.611. The standard InChI is InChI=1S/C18H29N3O.ClH/c1-13-7-5-6-8-16(13)14(2)20-17(22)15(3)21-10-9-18(4,11-19)12-21;/h5-8,14-15H,9-12,19H2,1-4H3,(H,20,22);1H. The summed E-state index contributed by atoms with van der Waals surface area (Å²) in [7, 11) is 0. The third kappa shape index (κ3) is 4.69. The molecule has 0 aromatic heterocycles. The Kier molecular flexibility index (Phi) is 7.05. The molecule has 3 atom stereocenters. The lowest BCUT2D eigenvalue weighted by molar-refractivity contribution is -0.126. The van der Waals surface area contributed by atoms with Crippen LogP contribution in [0.3, 0.4) is 0 Å². The molecule has 1 heterocycles. The lowest BCUT2D eigenvalue weighted by Crippen LogP contribution is -2.46. The van der Waals surface area contributed by atoms with Gasteiger partial charge in [0.2, 0.25) is 5.91 Å². The van der Waals surface area contributed by atoms with Crippen molar-refractivity contribution >= 4 is 18.3 Å². The smallest absolute Gasteiger partial charge is 0.237 e. The maximum atomic E-state index is 12.5. The Labute approximate surface area is 146 Å². The number of hydrogen-bond donors (Lipinski definition) is 2. The van der Waals surface area contributed by atoms with Crippen molar-refractivity contribution in [1.82, 2.24) is 10.2 Å². The Bertz CT molecular complexity index is 537. The van der Waals surface area contributed by atoms with Gasteiger partial charge in [0.1, 0.15) is 0 Å². The number of carbonyl (C=O) groups is 1. The first kappa shape index (κ1) is 19.9. The minimum absolute atomic E-state index is 0. The molecule has 1 aliphatic heterocycles. The van der Waals surface area contributed by atoms with Gasteiger partial charge < -0.3 is 11.1 Å². The Hall–Kier alpha value is -1.10. The third-order valence-electron chi connectivity index (χ3n) is 5.02. The van der Waals surface area contributed by atoms with E-state index in [1.54, 1.807) is 0 Å². The summed E-state index contributed by atoms with van der Waals surface area (Å²) in [6.45, 7) is 10.8. The van der Waals surface area contributed by atoms with Gasteiger partial charge in [-0.15, -0.1) is 12.4 Å². The van der Waals surface area contributed by atoms with Gasteiger partial charge in [0, 0.05) is 6.54 Å². The number of halogens is 1. The highest BCUT2D eigenvalue weighted by atomic mass is 35.5. The molecule has 0 aliphatic carbocycles. The zero-order valence-electron chi connectivity index (χ0n) is 14.6. The topological polar surface area (TPSA) is 58.4 Å². The Morgan fingerprint density at radius 3 is 2.61 bits per heavy atom. The normalized spacial score (nSPS) is 23.9. The molecule has 5 heteroatoms. The summed E-state index contributed by atoms with van der Waals surface area (Å²) in [5.41, 5.74) is 8.39. The summed E-state index contributed by atoms with van der Waals surface area (Å²) in [5.74, 6) is 0.0945. The average Bonchev–Trinajstić information content (AvgIpc) is 2.90. The van der Waals surface area contributed by atoms with Crippen LogP contribution in [0.15, 0.2) is 24.3 Å². The summed E-state index contributed by atoms with van der Waals surface area (Å²) in [5, 5.41) is 3.15. The number of likely N-dealkylation sites (tertiary alicyclic amines) is 1. The van der Waals surface area contributed by atoms with Crippen LogP contribution in [0, 0.1) is 12.3 Å². The van der Waals surface area contributed by atoms with Crippen molar-refractivity contribution in [2.24, 2.45) is 11.1 Å². The van der Waals surface area contributed by atoms with Crippen molar-refractivity contribution in [2.45, 2.75) is 46.2 Å². The van der Waals surface area contributed by atoms with Gasteiger partial charge in [-0.3, -0.25) is 9.69 Å². The Morgan fingerprint density at radius 1 is 1.39 bits per heavy atom. The number of amides is 1. The lowest BCUT2D eigenvalue weighted by Gasteiger charge is -2.28. The van der Waals surface area contributed by atoms with E-state index >= 15 is 0 Å². The molecule has 0 saturated carbocycles. The van der Waals surface area contributed by atoms with Crippen LogP contribution in [0.2, 0.25) is 0 Å². The maximum absolute atomic E-state index is 12.5. The molecule has 1 aromatic carbocycles. The van der Waals surface area contributed by atoms with Crippen LogP contribution in [0.5, 0.6) is 0 Å². The predicted molar refractivity (Wildman–Crippen MR) is 97.8 cm³/mol. The van der Waals surface area contributed by atoms with Crippen LogP contribution in [-0.4, -0.2) is 36.5 Å². The molecular weight excluding hydrogens is 310 g/mol. The van der Waals surface area contributed by atoms with Gasteiger partial charge in [0.05, 0.1) is 12.1 Å². The molecule has 1 fully saturated rings. The predicted octanol–water partition coefficient (Wildman–Crippen LogP) is 2.65.